The molecule has 0 aliphatic rings. The normalized spacial score (nSPS) is 12.5. The van der Waals surface area contributed by atoms with Crippen molar-refractivity contribution >= 4 is 0 Å². The molecule has 2 heteroatoms. The minimum Gasteiger partial charge on any atom is -0.394 e. The number of aliphatic hydroxyl groups is 1. The Balaban J connectivity index is 3.51. The SMILES string of the molecule is CCCCCCCCCCCCCC(CCCCCCCCCC)OCCO. The molecule has 1 atom stereocenters. The van der Waals surface area contributed by atoms with Crippen LogP contribution >= 0.6 is 0 Å². The minimum atomic E-state index is 0.159. The van der Waals surface area contributed by atoms with E-state index < -0.39 is 0 Å². The van der Waals surface area contributed by atoms with Crippen LogP contribution in [0.1, 0.15) is 149 Å². The van der Waals surface area contributed by atoms with Crippen LogP contribution in [-0.2, 0) is 4.74 Å². The molecule has 0 saturated carbocycles. The van der Waals surface area contributed by atoms with Crippen LogP contribution in [0.25, 0.3) is 0 Å². The summed E-state index contributed by atoms with van der Waals surface area (Å²) in [4.78, 5) is 0. The van der Waals surface area contributed by atoms with E-state index in [9.17, 15) is 0 Å². The molecule has 0 rings (SSSR count). The van der Waals surface area contributed by atoms with E-state index in [1.807, 2.05) is 0 Å². The number of aliphatic hydroxyl groups excluding tert-OH is 1. The zero-order chi connectivity index (χ0) is 20.5. The molecule has 0 aromatic carbocycles. The van der Waals surface area contributed by atoms with Crippen molar-refractivity contribution in [3.05, 3.63) is 0 Å². The van der Waals surface area contributed by atoms with Crippen LogP contribution in [0.5, 0.6) is 0 Å². The molecule has 0 aromatic rings. The third-order valence-corrected chi connectivity index (χ3v) is 5.95. The van der Waals surface area contributed by atoms with Gasteiger partial charge in [-0.25, -0.2) is 0 Å². The highest BCUT2D eigenvalue weighted by atomic mass is 16.5. The molecule has 1 N–H and O–H groups in total. The van der Waals surface area contributed by atoms with E-state index in [2.05, 4.69) is 13.8 Å². The van der Waals surface area contributed by atoms with E-state index in [4.69, 9.17) is 9.84 Å². The number of hydrogen-bond donors (Lipinski definition) is 1. The molecule has 0 radical (unpaired) electrons. The van der Waals surface area contributed by atoms with Gasteiger partial charge in [-0.2, -0.15) is 0 Å². The molecule has 0 aromatic heterocycles. The van der Waals surface area contributed by atoms with E-state index in [0.29, 0.717) is 12.7 Å². The fourth-order valence-electron chi connectivity index (χ4n) is 4.07. The predicted octanol–water partition coefficient (Wildman–Crippen LogP) is 8.60. The van der Waals surface area contributed by atoms with Gasteiger partial charge in [0.25, 0.3) is 0 Å². The largest absolute Gasteiger partial charge is 0.394 e. The molecule has 0 saturated heterocycles. The van der Waals surface area contributed by atoms with Crippen LogP contribution in [-0.4, -0.2) is 24.4 Å². The van der Waals surface area contributed by atoms with Crippen LogP contribution in [0.15, 0.2) is 0 Å². The first-order valence-electron chi connectivity index (χ1n) is 13.1. The van der Waals surface area contributed by atoms with Gasteiger partial charge in [0.05, 0.1) is 19.3 Å². The fourth-order valence-corrected chi connectivity index (χ4v) is 4.07. The average molecular weight is 399 g/mol. The second-order valence-corrected chi connectivity index (χ2v) is 8.80. The second kappa shape index (κ2) is 25.0. The van der Waals surface area contributed by atoms with Gasteiger partial charge in [-0.3, -0.25) is 0 Å². The lowest BCUT2D eigenvalue weighted by molar-refractivity contribution is 0.0167. The maximum absolute atomic E-state index is 9.06. The Labute approximate surface area is 178 Å². The summed E-state index contributed by atoms with van der Waals surface area (Å²) in [7, 11) is 0. The summed E-state index contributed by atoms with van der Waals surface area (Å²) in [5.41, 5.74) is 0. The van der Waals surface area contributed by atoms with E-state index in [0.717, 1.165) is 0 Å². The molecular formula is C26H54O2. The van der Waals surface area contributed by atoms with Crippen molar-refractivity contribution in [1.29, 1.82) is 0 Å². The molecule has 1 unspecified atom stereocenters. The van der Waals surface area contributed by atoms with E-state index in [-0.39, 0.29) is 6.61 Å². The maximum atomic E-state index is 9.06. The predicted molar refractivity (Wildman–Crippen MR) is 125 cm³/mol. The molecule has 0 spiro atoms. The van der Waals surface area contributed by atoms with Crippen molar-refractivity contribution in [2.24, 2.45) is 0 Å². The van der Waals surface area contributed by atoms with Crippen LogP contribution in [0.2, 0.25) is 0 Å². The topological polar surface area (TPSA) is 29.5 Å². The van der Waals surface area contributed by atoms with E-state index >= 15 is 0 Å². The first-order chi connectivity index (χ1) is 13.8. The number of unbranched alkanes of at least 4 members (excludes halogenated alkanes) is 17. The third-order valence-electron chi connectivity index (χ3n) is 5.95. The molecule has 0 fully saturated rings. The van der Waals surface area contributed by atoms with Gasteiger partial charge in [0, 0.05) is 0 Å². The van der Waals surface area contributed by atoms with Crippen molar-refractivity contribution in [2.75, 3.05) is 13.2 Å². The van der Waals surface area contributed by atoms with Crippen molar-refractivity contribution in [3.8, 4) is 0 Å². The van der Waals surface area contributed by atoms with E-state index in [1.54, 1.807) is 0 Å². The molecule has 0 aliphatic carbocycles. The Morgan fingerprint density at radius 1 is 0.500 bits per heavy atom. The Kier molecular flexibility index (Phi) is 24.9. The monoisotopic (exact) mass is 398 g/mol. The second-order valence-electron chi connectivity index (χ2n) is 8.80. The molecule has 0 amide bonds. The van der Waals surface area contributed by atoms with E-state index in [1.165, 1.54) is 135 Å². The standard InChI is InChI=1S/C26H54O2/c1-3-5-7-9-11-13-14-15-17-19-21-23-26(28-25-24-27)22-20-18-16-12-10-8-6-4-2/h26-27H,3-25H2,1-2H3. The van der Waals surface area contributed by atoms with Gasteiger partial charge in [-0.05, 0) is 12.8 Å². The molecule has 28 heavy (non-hydrogen) atoms. The highest BCUT2D eigenvalue weighted by Gasteiger charge is 2.08. The summed E-state index contributed by atoms with van der Waals surface area (Å²) >= 11 is 0. The summed E-state index contributed by atoms with van der Waals surface area (Å²) in [6.45, 7) is 5.24. The Hall–Kier alpha value is -0.0800. The maximum Gasteiger partial charge on any atom is 0.0701 e. The Morgan fingerprint density at radius 3 is 1.14 bits per heavy atom. The van der Waals surface area contributed by atoms with Crippen molar-refractivity contribution < 1.29 is 9.84 Å². The van der Waals surface area contributed by atoms with Crippen molar-refractivity contribution in [1.82, 2.24) is 0 Å². The lowest BCUT2D eigenvalue weighted by Gasteiger charge is -2.17. The summed E-state index contributed by atoms with van der Waals surface area (Å²) in [6.07, 6.45) is 29.1. The zero-order valence-corrected chi connectivity index (χ0v) is 19.7. The summed E-state index contributed by atoms with van der Waals surface area (Å²) < 4.78 is 5.89. The zero-order valence-electron chi connectivity index (χ0n) is 19.7. The number of rotatable bonds is 24. The van der Waals surface area contributed by atoms with Gasteiger partial charge in [0.1, 0.15) is 0 Å². The van der Waals surface area contributed by atoms with Gasteiger partial charge in [0.15, 0.2) is 0 Å². The smallest absolute Gasteiger partial charge is 0.0701 e. The lowest BCUT2D eigenvalue weighted by atomic mass is 10.0. The number of hydrogen-bond acceptors (Lipinski definition) is 2. The van der Waals surface area contributed by atoms with Gasteiger partial charge in [-0.15, -0.1) is 0 Å². The molecule has 2 nitrogen and oxygen atoms in total. The Bertz CT molecular complexity index is 267. The van der Waals surface area contributed by atoms with Crippen molar-refractivity contribution in [2.45, 2.75) is 155 Å². The first kappa shape index (κ1) is 27.9. The minimum absolute atomic E-state index is 0.159. The third kappa shape index (κ3) is 22.2. The molecule has 0 bridgehead atoms. The summed E-state index contributed by atoms with van der Waals surface area (Å²) in [6, 6.07) is 0. The Morgan fingerprint density at radius 2 is 0.821 bits per heavy atom. The highest BCUT2D eigenvalue weighted by Crippen LogP contribution is 2.17. The van der Waals surface area contributed by atoms with Gasteiger partial charge in [-0.1, -0.05) is 136 Å². The van der Waals surface area contributed by atoms with Gasteiger partial charge < -0.3 is 9.84 Å². The first-order valence-corrected chi connectivity index (χ1v) is 13.1. The fraction of sp³-hybridized carbons (Fsp3) is 1.00. The van der Waals surface area contributed by atoms with Crippen LogP contribution in [0.3, 0.4) is 0 Å². The molecule has 0 aliphatic heterocycles. The quantitative estimate of drug-likeness (QED) is 0.165. The van der Waals surface area contributed by atoms with Crippen LogP contribution < -0.4 is 0 Å². The molecule has 170 valence electrons. The van der Waals surface area contributed by atoms with Crippen LogP contribution in [0.4, 0.5) is 0 Å². The van der Waals surface area contributed by atoms with Gasteiger partial charge in [0.2, 0.25) is 0 Å². The summed E-state index contributed by atoms with van der Waals surface area (Å²) in [5, 5.41) is 9.06. The van der Waals surface area contributed by atoms with Crippen molar-refractivity contribution in [3.63, 3.8) is 0 Å². The average Bonchev–Trinajstić information content (AvgIpc) is 2.71. The van der Waals surface area contributed by atoms with Gasteiger partial charge >= 0.3 is 0 Å². The van der Waals surface area contributed by atoms with Crippen LogP contribution in [0, 0.1) is 0 Å². The highest BCUT2D eigenvalue weighted by molar-refractivity contribution is 4.60. The lowest BCUT2D eigenvalue weighted by Crippen LogP contribution is -2.15. The summed E-state index contributed by atoms with van der Waals surface area (Å²) in [5.74, 6) is 0. The number of ether oxygens (including phenoxy) is 1. The molecule has 0 heterocycles. The molecular weight excluding hydrogens is 344 g/mol.